The van der Waals surface area contributed by atoms with Crippen molar-refractivity contribution in [3.05, 3.63) is 69.3 Å². The van der Waals surface area contributed by atoms with Gasteiger partial charge in [-0.15, -0.1) is 0 Å². The number of ether oxygens (including phenoxy) is 1. The maximum atomic E-state index is 12.4. The summed E-state index contributed by atoms with van der Waals surface area (Å²) in [5, 5.41) is 5.68. The molecule has 5 nitrogen and oxygen atoms in total. The minimum Gasteiger partial charge on any atom is -0.497 e. The molecule has 0 saturated carbocycles. The maximum Gasteiger partial charge on any atom is 0.267 e. The minimum absolute atomic E-state index is 0.0867. The Morgan fingerprint density at radius 2 is 1.76 bits per heavy atom. The normalized spacial score (nSPS) is 11.0. The van der Waals surface area contributed by atoms with Gasteiger partial charge in [-0.2, -0.15) is 0 Å². The zero-order chi connectivity index (χ0) is 18.4. The average Bonchev–Trinajstić information content (AvgIpc) is 2.60. The van der Waals surface area contributed by atoms with Crippen LogP contribution in [0.1, 0.15) is 15.9 Å². The molecule has 2 N–H and O–H groups in total. The van der Waals surface area contributed by atoms with Crippen LogP contribution in [0.2, 0.25) is 10.0 Å². The van der Waals surface area contributed by atoms with Gasteiger partial charge in [0.1, 0.15) is 11.4 Å². The average molecular weight is 379 g/mol. The summed E-state index contributed by atoms with van der Waals surface area (Å²) in [5.41, 5.74) is 1.03. The van der Waals surface area contributed by atoms with Gasteiger partial charge in [0.15, 0.2) is 0 Å². The van der Waals surface area contributed by atoms with Crippen LogP contribution in [0.15, 0.2) is 48.2 Å². The fourth-order valence-electron chi connectivity index (χ4n) is 2.02. The first-order valence-electron chi connectivity index (χ1n) is 7.29. The molecule has 0 aliphatic heterocycles. The monoisotopic (exact) mass is 378 g/mol. The Morgan fingerprint density at radius 1 is 1.08 bits per heavy atom. The summed E-state index contributed by atoms with van der Waals surface area (Å²) in [6, 6.07) is 11.6. The zero-order valence-corrected chi connectivity index (χ0v) is 15.1. The molecule has 0 heterocycles. The predicted octanol–water partition coefficient (Wildman–Crippen LogP) is 3.52. The van der Waals surface area contributed by atoms with Gasteiger partial charge in [0.05, 0.1) is 17.7 Å². The maximum absolute atomic E-state index is 12.4. The SMILES string of the molecule is CNC(=O)/C(=C/c1ccc(OC)cc1)NC(=O)c1ccc(Cl)cc1Cl. The summed E-state index contributed by atoms with van der Waals surface area (Å²) in [7, 11) is 3.04. The van der Waals surface area contributed by atoms with Crippen molar-refractivity contribution in [1.82, 2.24) is 10.6 Å². The molecule has 0 fully saturated rings. The molecule has 25 heavy (non-hydrogen) atoms. The van der Waals surface area contributed by atoms with E-state index >= 15 is 0 Å². The molecule has 130 valence electrons. The first kappa shape index (κ1) is 18.8. The molecule has 0 spiro atoms. The third-order valence-electron chi connectivity index (χ3n) is 3.32. The predicted molar refractivity (Wildman–Crippen MR) is 99.0 cm³/mol. The topological polar surface area (TPSA) is 67.4 Å². The molecule has 2 aromatic carbocycles. The van der Waals surface area contributed by atoms with E-state index in [0.29, 0.717) is 10.8 Å². The third kappa shape index (κ3) is 4.98. The van der Waals surface area contributed by atoms with Gasteiger partial charge in [0, 0.05) is 12.1 Å². The third-order valence-corrected chi connectivity index (χ3v) is 3.87. The number of likely N-dealkylation sites (N-methyl/N-ethyl adjacent to an activating group) is 1. The van der Waals surface area contributed by atoms with Crippen LogP contribution < -0.4 is 15.4 Å². The van der Waals surface area contributed by atoms with Crippen molar-refractivity contribution in [3.8, 4) is 5.75 Å². The van der Waals surface area contributed by atoms with Crippen molar-refractivity contribution < 1.29 is 14.3 Å². The Labute approximate surface area is 155 Å². The van der Waals surface area contributed by atoms with E-state index in [1.807, 2.05) is 0 Å². The van der Waals surface area contributed by atoms with Crippen LogP contribution in [-0.2, 0) is 4.79 Å². The Morgan fingerprint density at radius 3 is 2.32 bits per heavy atom. The number of rotatable bonds is 5. The van der Waals surface area contributed by atoms with Crippen molar-refractivity contribution in [2.75, 3.05) is 14.2 Å². The van der Waals surface area contributed by atoms with Gasteiger partial charge in [-0.05, 0) is 42.0 Å². The Hall–Kier alpha value is -2.50. The largest absolute Gasteiger partial charge is 0.497 e. The summed E-state index contributed by atoms with van der Waals surface area (Å²) in [5.74, 6) is -0.255. The number of amides is 2. The molecule has 2 aromatic rings. The number of hydrogen-bond acceptors (Lipinski definition) is 3. The van der Waals surface area contributed by atoms with Crippen molar-refractivity contribution in [1.29, 1.82) is 0 Å². The van der Waals surface area contributed by atoms with Crippen molar-refractivity contribution in [2.45, 2.75) is 0 Å². The molecular formula is C18H16Cl2N2O3. The van der Waals surface area contributed by atoms with Crippen molar-refractivity contribution in [2.24, 2.45) is 0 Å². The van der Waals surface area contributed by atoms with Gasteiger partial charge in [-0.1, -0.05) is 35.3 Å². The zero-order valence-electron chi connectivity index (χ0n) is 13.6. The first-order chi connectivity index (χ1) is 11.9. The summed E-state index contributed by atoms with van der Waals surface area (Å²) in [4.78, 5) is 24.5. The molecule has 7 heteroatoms. The van der Waals surface area contributed by atoms with Crippen LogP contribution in [0.4, 0.5) is 0 Å². The number of methoxy groups -OCH3 is 1. The highest BCUT2D eigenvalue weighted by atomic mass is 35.5. The Bertz CT molecular complexity index is 818. The molecule has 0 unspecified atom stereocenters. The van der Waals surface area contributed by atoms with Crippen LogP contribution in [0.3, 0.4) is 0 Å². The number of nitrogens with one attached hydrogen (secondary N) is 2. The highest BCUT2D eigenvalue weighted by Gasteiger charge is 2.16. The van der Waals surface area contributed by atoms with E-state index in [9.17, 15) is 9.59 Å². The Kier molecular flexibility index (Phi) is 6.44. The fraction of sp³-hybridized carbons (Fsp3) is 0.111. The minimum atomic E-state index is -0.509. The summed E-state index contributed by atoms with van der Waals surface area (Å²) < 4.78 is 5.09. The molecule has 2 amide bonds. The highest BCUT2D eigenvalue weighted by molar-refractivity contribution is 6.36. The van der Waals surface area contributed by atoms with Crippen LogP contribution in [0.25, 0.3) is 6.08 Å². The first-order valence-corrected chi connectivity index (χ1v) is 8.04. The number of carbonyl (C=O) groups excluding carboxylic acids is 2. The Balaban J connectivity index is 2.29. The van der Waals surface area contributed by atoms with E-state index in [-0.39, 0.29) is 16.3 Å². The second kappa shape index (κ2) is 8.55. The second-order valence-electron chi connectivity index (χ2n) is 4.99. The molecule has 0 aromatic heterocycles. The van der Waals surface area contributed by atoms with E-state index in [2.05, 4.69) is 10.6 Å². The fourth-order valence-corrected chi connectivity index (χ4v) is 2.52. The smallest absolute Gasteiger partial charge is 0.267 e. The number of hydrogen-bond donors (Lipinski definition) is 2. The van der Waals surface area contributed by atoms with Crippen LogP contribution in [0, 0.1) is 0 Å². The van der Waals surface area contributed by atoms with Gasteiger partial charge in [0.25, 0.3) is 11.8 Å². The van der Waals surface area contributed by atoms with Gasteiger partial charge in [-0.25, -0.2) is 0 Å². The lowest BCUT2D eigenvalue weighted by Gasteiger charge is -2.10. The standard InChI is InChI=1S/C18H16Cl2N2O3/c1-21-18(24)16(9-11-3-6-13(25-2)7-4-11)22-17(23)14-8-5-12(19)10-15(14)20/h3-10H,1-2H3,(H,21,24)(H,22,23)/b16-9-. The number of carbonyl (C=O) groups is 2. The molecule has 2 rings (SSSR count). The summed E-state index contributed by atoms with van der Waals surface area (Å²) in [6.07, 6.45) is 1.56. The molecule has 0 radical (unpaired) electrons. The van der Waals surface area contributed by atoms with Gasteiger partial charge >= 0.3 is 0 Å². The highest BCUT2D eigenvalue weighted by Crippen LogP contribution is 2.21. The van der Waals surface area contributed by atoms with E-state index < -0.39 is 11.8 Å². The number of halogens is 2. The van der Waals surface area contributed by atoms with Crippen molar-refractivity contribution in [3.63, 3.8) is 0 Å². The molecule has 0 aliphatic carbocycles. The number of benzene rings is 2. The van der Waals surface area contributed by atoms with E-state index in [4.69, 9.17) is 27.9 Å². The summed E-state index contributed by atoms with van der Waals surface area (Å²) in [6.45, 7) is 0. The van der Waals surface area contributed by atoms with Crippen LogP contribution >= 0.6 is 23.2 Å². The molecule has 0 aliphatic rings. The summed E-state index contributed by atoms with van der Waals surface area (Å²) >= 11 is 11.9. The van der Waals surface area contributed by atoms with Gasteiger partial charge in [0.2, 0.25) is 0 Å². The van der Waals surface area contributed by atoms with E-state index in [1.54, 1.807) is 43.5 Å². The van der Waals surface area contributed by atoms with E-state index in [0.717, 1.165) is 5.56 Å². The lowest BCUT2D eigenvalue weighted by molar-refractivity contribution is -0.117. The molecule has 0 atom stereocenters. The lowest BCUT2D eigenvalue weighted by atomic mass is 10.1. The molecule has 0 bridgehead atoms. The molecule has 0 saturated heterocycles. The van der Waals surface area contributed by atoms with Crippen LogP contribution in [0.5, 0.6) is 5.75 Å². The molecular weight excluding hydrogens is 363 g/mol. The lowest BCUT2D eigenvalue weighted by Crippen LogP contribution is -2.33. The van der Waals surface area contributed by atoms with Crippen molar-refractivity contribution >= 4 is 41.1 Å². The van der Waals surface area contributed by atoms with E-state index in [1.165, 1.54) is 19.2 Å². The second-order valence-corrected chi connectivity index (χ2v) is 5.83. The van der Waals surface area contributed by atoms with Gasteiger partial charge < -0.3 is 15.4 Å². The van der Waals surface area contributed by atoms with Gasteiger partial charge in [-0.3, -0.25) is 9.59 Å². The quantitative estimate of drug-likeness (QED) is 0.782. The van der Waals surface area contributed by atoms with Crippen LogP contribution in [-0.4, -0.2) is 26.0 Å².